The van der Waals surface area contributed by atoms with Crippen LogP contribution in [0, 0.1) is 18.6 Å². The Morgan fingerprint density at radius 2 is 1.76 bits per heavy atom. The van der Waals surface area contributed by atoms with Crippen LogP contribution in [-0.4, -0.2) is 47.0 Å². The predicted molar refractivity (Wildman–Crippen MR) is 102 cm³/mol. The van der Waals surface area contributed by atoms with E-state index in [0.29, 0.717) is 43.6 Å². The molecule has 0 bridgehead atoms. The molecule has 2 heterocycles. The summed E-state index contributed by atoms with van der Waals surface area (Å²) in [6.45, 7) is 3.50. The standard InChI is InChI=1S/C22H22F2N2O3/c1-15-2-5-17(6-3-15)20(27)25-10-8-22(9-11-25)14-26(21(28)29-22)13-16-4-7-18(23)19(24)12-16/h2-7,12H,8-11,13-14H2,1H3. The summed E-state index contributed by atoms with van der Waals surface area (Å²) in [5.41, 5.74) is 1.61. The highest BCUT2D eigenvalue weighted by atomic mass is 19.2. The van der Waals surface area contributed by atoms with Gasteiger partial charge >= 0.3 is 6.09 Å². The van der Waals surface area contributed by atoms with Crippen molar-refractivity contribution in [1.29, 1.82) is 0 Å². The van der Waals surface area contributed by atoms with Crippen molar-refractivity contribution in [3.8, 4) is 0 Å². The predicted octanol–water partition coefficient (Wildman–Crippen LogP) is 3.90. The quantitative estimate of drug-likeness (QED) is 0.785. The van der Waals surface area contributed by atoms with E-state index in [1.807, 2.05) is 31.2 Å². The molecule has 2 amide bonds. The molecule has 1 spiro atoms. The lowest BCUT2D eigenvalue weighted by Crippen LogP contribution is -2.48. The molecule has 0 aliphatic carbocycles. The zero-order valence-electron chi connectivity index (χ0n) is 16.2. The fourth-order valence-corrected chi connectivity index (χ4v) is 3.93. The van der Waals surface area contributed by atoms with E-state index in [4.69, 9.17) is 4.74 Å². The van der Waals surface area contributed by atoms with E-state index in [2.05, 4.69) is 0 Å². The maximum atomic E-state index is 13.4. The summed E-state index contributed by atoms with van der Waals surface area (Å²) in [6.07, 6.45) is 0.628. The molecule has 0 saturated carbocycles. The molecular formula is C22H22F2N2O3. The molecule has 2 aliphatic heterocycles. The third kappa shape index (κ3) is 3.95. The Kier molecular flexibility index (Phi) is 4.98. The van der Waals surface area contributed by atoms with Gasteiger partial charge < -0.3 is 9.64 Å². The third-order valence-electron chi connectivity index (χ3n) is 5.66. The van der Waals surface area contributed by atoms with Gasteiger partial charge in [0.2, 0.25) is 0 Å². The highest BCUT2D eigenvalue weighted by Crippen LogP contribution is 2.34. The van der Waals surface area contributed by atoms with Gasteiger partial charge in [0.15, 0.2) is 11.6 Å². The highest BCUT2D eigenvalue weighted by molar-refractivity contribution is 5.94. The monoisotopic (exact) mass is 400 g/mol. The first-order valence-corrected chi connectivity index (χ1v) is 9.63. The number of hydrogen-bond acceptors (Lipinski definition) is 3. The van der Waals surface area contributed by atoms with E-state index >= 15 is 0 Å². The van der Waals surface area contributed by atoms with Gasteiger partial charge in [-0.15, -0.1) is 0 Å². The summed E-state index contributed by atoms with van der Waals surface area (Å²) in [5, 5.41) is 0. The lowest BCUT2D eigenvalue weighted by Gasteiger charge is -2.37. The molecule has 5 nitrogen and oxygen atoms in total. The van der Waals surface area contributed by atoms with Crippen LogP contribution in [0.25, 0.3) is 0 Å². The van der Waals surface area contributed by atoms with Crippen molar-refractivity contribution in [1.82, 2.24) is 9.80 Å². The second-order valence-corrected chi connectivity index (χ2v) is 7.81. The van der Waals surface area contributed by atoms with Crippen molar-refractivity contribution in [2.24, 2.45) is 0 Å². The van der Waals surface area contributed by atoms with Crippen LogP contribution in [0.15, 0.2) is 42.5 Å². The van der Waals surface area contributed by atoms with Crippen molar-refractivity contribution >= 4 is 12.0 Å². The van der Waals surface area contributed by atoms with E-state index in [1.165, 1.54) is 11.0 Å². The van der Waals surface area contributed by atoms with Crippen LogP contribution in [0.3, 0.4) is 0 Å². The fourth-order valence-electron chi connectivity index (χ4n) is 3.93. The summed E-state index contributed by atoms with van der Waals surface area (Å²) in [6, 6.07) is 11.1. The Balaban J connectivity index is 1.38. The van der Waals surface area contributed by atoms with Crippen molar-refractivity contribution in [2.45, 2.75) is 31.9 Å². The number of amides is 2. The summed E-state index contributed by atoms with van der Waals surface area (Å²) >= 11 is 0. The fraction of sp³-hybridized carbons (Fsp3) is 0.364. The maximum Gasteiger partial charge on any atom is 0.410 e. The lowest BCUT2D eigenvalue weighted by molar-refractivity contribution is 0.00313. The van der Waals surface area contributed by atoms with Gasteiger partial charge in [0.05, 0.1) is 6.54 Å². The first kappa shape index (κ1) is 19.4. The van der Waals surface area contributed by atoms with Gasteiger partial charge in [-0.3, -0.25) is 9.69 Å². The minimum absolute atomic E-state index is 0.0252. The second-order valence-electron chi connectivity index (χ2n) is 7.81. The van der Waals surface area contributed by atoms with E-state index < -0.39 is 23.3 Å². The third-order valence-corrected chi connectivity index (χ3v) is 5.66. The van der Waals surface area contributed by atoms with E-state index in [0.717, 1.165) is 17.7 Å². The smallest absolute Gasteiger partial charge is 0.410 e. The van der Waals surface area contributed by atoms with Crippen molar-refractivity contribution in [3.05, 3.63) is 70.8 Å². The van der Waals surface area contributed by atoms with Gasteiger partial charge in [-0.2, -0.15) is 0 Å². The Morgan fingerprint density at radius 1 is 1.07 bits per heavy atom. The summed E-state index contributed by atoms with van der Waals surface area (Å²) in [5.74, 6) is -1.88. The molecule has 2 fully saturated rings. The maximum absolute atomic E-state index is 13.4. The number of halogens is 2. The summed E-state index contributed by atoms with van der Waals surface area (Å²) in [4.78, 5) is 28.3. The normalized spacial score (nSPS) is 18.2. The molecule has 2 aromatic carbocycles. The number of ether oxygens (including phenoxy) is 1. The number of benzene rings is 2. The molecule has 0 atom stereocenters. The van der Waals surface area contributed by atoms with Gasteiger partial charge in [-0.1, -0.05) is 23.8 Å². The summed E-state index contributed by atoms with van der Waals surface area (Å²) < 4.78 is 32.2. The number of likely N-dealkylation sites (tertiary alicyclic amines) is 1. The largest absolute Gasteiger partial charge is 0.441 e. The second kappa shape index (κ2) is 7.46. The number of carbonyl (C=O) groups excluding carboxylic acids is 2. The van der Waals surface area contributed by atoms with Crippen LogP contribution >= 0.6 is 0 Å². The Labute approximate surface area is 167 Å². The zero-order valence-corrected chi connectivity index (χ0v) is 16.2. The van der Waals surface area contributed by atoms with Gasteiger partial charge in [-0.05, 0) is 36.8 Å². The minimum Gasteiger partial charge on any atom is -0.441 e. The molecule has 4 rings (SSSR count). The molecule has 29 heavy (non-hydrogen) atoms. The molecule has 0 radical (unpaired) electrons. The number of nitrogens with zero attached hydrogens (tertiary/aromatic N) is 2. The van der Waals surface area contributed by atoms with Crippen LogP contribution in [0.1, 0.15) is 34.3 Å². The van der Waals surface area contributed by atoms with E-state index in [1.54, 1.807) is 4.90 Å². The molecule has 0 N–H and O–H groups in total. The van der Waals surface area contributed by atoms with Crippen LogP contribution < -0.4 is 0 Å². The van der Waals surface area contributed by atoms with Crippen LogP contribution in [0.2, 0.25) is 0 Å². The first-order chi connectivity index (χ1) is 13.8. The number of aryl methyl sites for hydroxylation is 1. The zero-order chi connectivity index (χ0) is 20.6. The average molecular weight is 400 g/mol. The van der Waals surface area contributed by atoms with Gasteiger partial charge in [0, 0.05) is 38.0 Å². The topological polar surface area (TPSA) is 49.9 Å². The van der Waals surface area contributed by atoms with E-state index in [9.17, 15) is 18.4 Å². The lowest BCUT2D eigenvalue weighted by atomic mass is 9.91. The van der Waals surface area contributed by atoms with Crippen LogP contribution in [-0.2, 0) is 11.3 Å². The molecule has 0 unspecified atom stereocenters. The molecule has 2 aromatic rings. The van der Waals surface area contributed by atoms with Gasteiger partial charge in [0.1, 0.15) is 5.60 Å². The Hall–Kier alpha value is -2.96. The van der Waals surface area contributed by atoms with E-state index in [-0.39, 0.29) is 12.5 Å². The van der Waals surface area contributed by atoms with Crippen molar-refractivity contribution in [2.75, 3.05) is 19.6 Å². The van der Waals surface area contributed by atoms with Crippen molar-refractivity contribution in [3.63, 3.8) is 0 Å². The number of piperidine rings is 1. The van der Waals surface area contributed by atoms with Gasteiger partial charge in [-0.25, -0.2) is 13.6 Å². The van der Waals surface area contributed by atoms with Crippen LogP contribution in [0.5, 0.6) is 0 Å². The SMILES string of the molecule is Cc1ccc(C(=O)N2CCC3(CC2)CN(Cc2ccc(F)c(F)c2)C(=O)O3)cc1. The molecule has 2 aliphatic rings. The molecule has 0 aromatic heterocycles. The summed E-state index contributed by atoms with van der Waals surface area (Å²) in [7, 11) is 0. The first-order valence-electron chi connectivity index (χ1n) is 9.63. The minimum atomic E-state index is -0.937. The van der Waals surface area contributed by atoms with Gasteiger partial charge in [0.25, 0.3) is 5.91 Å². The van der Waals surface area contributed by atoms with Crippen molar-refractivity contribution < 1.29 is 23.1 Å². The highest BCUT2D eigenvalue weighted by Gasteiger charge is 2.47. The average Bonchev–Trinajstić information content (AvgIpc) is 3.00. The number of hydrogen-bond donors (Lipinski definition) is 0. The Morgan fingerprint density at radius 3 is 2.41 bits per heavy atom. The molecule has 7 heteroatoms. The van der Waals surface area contributed by atoms with Crippen LogP contribution in [0.4, 0.5) is 13.6 Å². The number of carbonyl (C=O) groups is 2. The molecular weight excluding hydrogens is 378 g/mol. The Bertz CT molecular complexity index is 938. The molecule has 152 valence electrons. The molecule has 2 saturated heterocycles. The number of rotatable bonds is 3.